The zero-order valence-corrected chi connectivity index (χ0v) is 24.3. The molecule has 0 saturated heterocycles. The zero-order valence-electron chi connectivity index (χ0n) is 24.3. The van der Waals surface area contributed by atoms with Gasteiger partial charge < -0.3 is 16.4 Å². The first-order chi connectivity index (χ1) is 18.3. The molecule has 0 radical (unpaired) electrons. The summed E-state index contributed by atoms with van der Waals surface area (Å²) in [6, 6.07) is 9.11. The Kier molecular flexibility index (Phi) is 8.30. The molecule has 1 aromatic carbocycles. The monoisotopic (exact) mass is 514 g/mol. The van der Waals surface area contributed by atoms with Crippen molar-refractivity contribution < 1.29 is 0 Å². The van der Waals surface area contributed by atoms with Crippen LogP contribution in [-0.2, 0) is 12.8 Å². The van der Waals surface area contributed by atoms with E-state index in [-0.39, 0.29) is 11.0 Å². The van der Waals surface area contributed by atoms with Crippen LogP contribution in [-0.4, -0.2) is 29.7 Å². The molecule has 206 valence electrons. The molecule has 4 N–H and O–H groups in total. The standard InChI is InChI=1S/C34H50N4/c1-5-27-28-21-24(2)22-34(27,35)23-31(33(28,3)4)36-19-13-7-6-8-14-20-37-32-25-15-9-11-17-29(25)38-30-18-12-10-16-26(30)32/h5,9,11,15,17,21,28,31,36H,6-8,10,12-14,16,18-20,22-23,35H2,1-4H3,(H,37,38)/b27-5+/t28-,31-,34+/m1/s1. The van der Waals surface area contributed by atoms with Crippen molar-refractivity contribution in [1.29, 1.82) is 0 Å². The highest BCUT2D eigenvalue weighted by Crippen LogP contribution is 2.53. The molecule has 2 aromatic rings. The van der Waals surface area contributed by atoms with Gasteiger partial charge in [-0.2, -0.15) is 0 Å². The summed E-state index contributed by atoms with van der Waals surface area (Å²) in [5.41, 5.74) is 15.2. The third-order valence-electron chi connectivity index (χ3n) is 9.75. The topological polar surface area (TPSA) is 63.0 Å². The highest BCUT2D eigenvalue weighted by Gasteiger charge is 2.52. The number of benzene rings is 1. The van der Waals surface area contributed by atoms with Crippen LogP contribution in [0.15, 0.2) is 47.6 Å². The lowest BCUT2D eigenvalue weighted by atomic mass is 9.53. The van der Waals surface area contributed by atoms with Gasteiger partial charge in [0.25, 0.3) is 0 Å². The van der Waals surface area contributed by atoms with Gasteiger partial charge in [-0.1, -0.05) is 69.0 Å². The number of hydrogen-bond acceptors (Lipinski definition) is 4. The Hall–Kier alpha value is -2.17. The average Bonchev–Trinajstić information content (AvgIpc) is 2.89. The summed E-state index contributed by atoms with van der Waals surface area (Å²) in [7, 11) is 0. The highest BCUT2D eigenvalue weighted by atomic mass is 15.0. The number of para-hydroxylation sites is 1. The third kappa shape index (κ3) is 5.45. The molecule has 0 unspecified atom stereocenters. The molecule has 3 aliphatic rings. The molecule has 1 heterocycles. The number of fused-ring (bicyclic) bond motifs is 4. The summed E-state index contributed by atoms with van der Waals surface area (Å²) < 4.78 is 0. The van der Waals surface area contributed by atoms with Gasteiger partial charge >= 0.3 is 0 Å². The molecule has 1 aromatic heterocycles. The van der Waals surface area contributed by atoms with Crippen molar-refractivity contribution in [3.63, 3.8) is 0 Å². The first-order valence-electron chi connectivity index (χ1n) is 15.3. The van der Waals surface area contributed by atoms with Crippen molar-refractivity contribution in [3.8, 4) is 0 Å². The molecular weight excluding hydrogens is 464 g/mol. The summed E-state index contributed by atoms with van der Waals surface area (Å²) >= 11 is 0. The second kappa shape index (κ2) is 11.5. The smallest absolute Gasteiger partial charge is 0.0726 e. The summed E-state index contributed by atoms with van der Waals surface area (Å²) in [5.74, 6) is 0.452. The van der Waals surface area contributed by atoms with E-state index in [0.717, 1.165) is 44.3 Å². The van der Waals surface area contributed by atoms with Crippen molar-refractivity contribution in [2.24, 2.45) is 17.1 Å². The predicted molar refractivity (Wildman–Crippen MR) is 163 cm³/mol. The SMILES string of the molecule is C/C=C1\[C@H]2C=C(C)C[C@]1(N)C[C@@H](NCCCCCCCNc1c3c(nc4ccccc14)CCCC3)C2(C)C. The fourth-order valence-electron chi connectivity index (χ4n) is 7.64. The molecular formula is C34H50N4. The number of pyridine rings is 1. The molecule has 2 bridgehead atoms. The first kappa shape index (κ1) is 27.4. The van der Waals surface area contributed by atoms with Crippen molar-refractivity contribution in [2.75, 3.05) is 18.4 Å². The number of anilines is 1. The highest BCUT2D eigenvalue weighted by molar-refractivity contribution is 5.93. The Morgan fingerprint density at radius 1 is 1.03 bits per heavy atom. The van der Waals surface area contributed by atoms with Crippen LogP contribution in [0.3, 0.4) is 0 Å². The number of nitrogens with two attached hydrogens (primary N) is 1. The fraction of sp³-hybridized carbons (Fsp3) is 0.618. The average molecular weight is 515 g/mol. The van der Waals surface area contributed by atoms with E-state index in [2.05, 4.69) is 74.7 Å². The Morgan fingerprint density at radius 3 is 2.58 bits per heavy atom. The minimum atomic E-state index is -0.169. The van der Waals surface area contributed by atoms with Gasteiger partial charge in [-0.25, -0.2) is 0 Å². The second-order valence-electron chi connectivity index (χ2n) is 12.9. The number of unbranched alkanes of at least 4 members (excludes halogenated alkanes) is 4. The maximum Gasteiger partial charge on any atom is 0.0726 e. The van der Waals surface area contributed by atoms with Crippen LogP contribution < -0.4 is 16.4 Å². The van der Waals surface area contributed by atoms with E-state index < -0.39 is 0 Å². The van der Waals surface area contributed by atoms with Crippen LogP contribution in [0.2, 0.25) is 0 Å². The fourth-order valence-corrected chi connectivity index (χ4v) is 7.64. The van der Waals surface area contributed by atoms with Crippen molar-refractivity contribution >= 4 is 16.6 Å². The molecule has 38 heavy (non-hydrogen) atoms. The maximum absolute atomic E-state index is 7.01. The molecule has 0 amide bonds. The Balaban J connectivity index is 1.05. The number of nitrogens with one attached hydrogen (secondary N) is 2. The summed E-state index contributed by atoms with van der Waals surface area (Å²) in [6.45, 7) is 11.4. The van der Waals surface area contributed by atoms with Crippen molar-refractivity contribution in [1.82, 2.24) is 10.3 Å². The van der Waals surface area contributed by atoms with Gasteiger partial charge in [-0.15, -0.1) is 0 Å². The van der Waals surface area contributed by atoms with E-state index >= 15 is 0 Å². The Bertz CT molecular complexity index is 1190. The Labute approximate surface area is 230 Å². The minimum absolute atomic E-state index is 0.169. The third-order valence-corrected chi connectivity index (χ3v) is 9.75. The number of rotatable bonds is 10. The number of allylic oxidation sites excluding steroid dienone is 2. The lowest BCUT2D eigenvalue weighted by Gasteiger charge is -2.56. The molecule has 0 aliphatic heterocycles. The van der Waals surface area contributed by atoms with Gasteiger partial charge in [0, 0.05) is 40.8 Å². The van der Waals surface area contributed by atoms with Crippen LogP contribution in [0, 0.1) is 11.3 Å². The predicted octanol–water partition coefficient (Wildman–Crippen LogP) is 7.47. The van der Waals surface area contributed by atoms with Gasteiger partial charge in [0.05, 0.1) is 5.52 Å². The van der Waals surface area contributed by atoms with Gasteiger partial charge in [0.1, 0.15) is 0 Å². The van der Waals surface area contributed by atoms with E-state index in [1.807, 2.05) is 0 Å². The summed E-state index contributed by atoms with van der Waals surface area (Å²) in [4.78, 5) is 4.98. The molecule has 5 rings (SSSR count). The van der Waals surface area contributed by atoms with E-state index in [1.165, 1.54) is 78.4 Å². The van der Waals surface area contributed by atoms with Gasteiger partial charge in [-0.3, -0.25) is 4.98 Å². The molecule has 4 heteroatoms. The molecule has 4 nitrogen and oxygen atoms in total. The van der Waals surface area contributed by atoms with Crippen LogP contribution in [0.4, 0.5) is 5.69 Å². The number of nitrogens with zero attached hydrogens (tertiary/aromatic N) is 1. The Morgan fingerprint density at radius 2 is 1.76 bits per heavy atom. The van der Waals surface area contributed by atoms with Crippen LogP contribution in [0.1, 0.15) is 96.7 Å². The molecule has 3 atom stereocenters. The first-order valence-corrected chi connectivity index (χ1v) is 15.3. The van der Waals surface area contributed by atoms with E-state index in [4.69, 9.17) is 10.7 Å². The van der Waals surface area contributed by atoms with Crippen molar-refractivity contribution in [2.45, 2.75) is 110 Å². The van der Waals surface area contributed by atoms with E-state index in [0.29, 0.717) is 12.0 Å². The number of aryl methyl sites for hydroxylation is 1. The summed E-state index contributed by atoms with van der Waals surface area (Å²) in [5, 5.41) is 9.06. The number of hydrogen-bond donors (Lipinski definition) is 3. The minimum Gasteiger partial charge on any atom is -0.384 e. The molecule has 1 saturated carbocycles. The van der Waals surface area contributed by atoms with Gasteiger partial charge in [0.15, 0.2) is 0 Å². The molecule has 3 aliphatic carbocycles. The van der Waals surface area contributed by atoms with Gasteiger partial charge in [0.2, 0.25) is 0 Å². The molecule has 1 fully saturated rings. The normalized spacial score (nSPS) is 27.3. The second-order valence-corrected chi connectivity index (χ2v) is 12.9. The zero-order chi connectivity index (χ0) is 26.8. The van der Waals surface area contributed by atoms with E-state index in [9.17, 15) is 0 Å². The lowest BCUT2D eigenvalue weighted by molar-refractivity contribution is 0.105. The van der Waals surface area contributed by atoms with Gasteiger partial charge in [-0.05, 0) is 94.4 Å². The quantitative estimate of drug-likeness (QED) is 0.227. The van der Waals surface area contributed by atoms with Crippen LogP contribution >= 0.6 is 0 Å². The number of aromatic nitrogens is 1. The lowest BCUT2D eigenvalue weighted by Crippen LogP contribution is -2.62. The van der Waals surface area contributed by atoms with Crippen molar-refractivity contribution in [3.05, 3.63) is 58.8 Å². The maximum atomic E-state index is 7.01. The summed E-state index contributed by atoms with van der Waals surface area (Å²) in [6.07, 6.45) is 18.0. The van der Waals surface area contributed by atoms with E-state index in [1.54, 1.807) is 0 Å². The van der Waals surface area contributed by atoms with Crippen LogP contribution in [0.25, 0.3) is 10.9 Å². The van der Waals surface area contributed by atoms with Crippen LogP contribution in [0.5, 0.6) is 0 Å². The largest absolute Gasteiger partial charge is 0.384 e. The molecule has 0 spiro atoms.